The Bertz CT molecular complexity index is 1010. The van der Waals surface area contributed by atoms with Gasteiger partial charge in [-0.15, -0.1) is 0 Å². The summed E-state index contributed by atoms with van der Waals surface area (Å²) in [6.45, 7) is 0.742. The number of hydrogen-bond donors (Lipinski definition) is 1. The number of carbonyl (C=O) groups is 1. The molecule has 1 heterocycles. The molecule has 156 valence electrons. The third-order valence-corrected chi connectivity index (χ3v) is 6.52. The van der Waals surface area contributed by atoms with E-state index >= 15 is 0 Å². The number of rotatable bonds is 5. The van der Waals surface area contributed by atoms with E-state index in [0.29, 0.717) is 25.2 Å². The highest BCUT2D eigenvalue weighted by Gasteiger charge is 2.29. The number of ether oxygens (including phenoxy) is 1. The van der Waals surface area contributed by atoms with Crippen molar-refractivity contribution in [3.8, 4) is 5.75 Å². The van der Waals surface area contributed by atoms with Crippen LogP contribution in [0.1, 0.15) is 29.6 Å². The average Bonchev–Trinajstić information content (AvgIpc) is 2.72. The van der Waals surface area contributed by atoms with Crippen molar-refractivity contribution in [2.24, 2.45) is 0 Å². The van der Waals surface area contributed by atoms with Gasteiger partial charge in [0.05, 0.1) is 7.11 Å². The maximum Gasteiger partial charge on any atom is 0.255 e. The molecule has 0 bridgehead atoms. The number of sulfonamides is 1. The summed E-state index contributed by atoms with van der Waals surface area (Å²) in [5.41, 5.74) is -0.366. The highest BCUT2D eigenvalue weighted by molar-refractivity contribution is 7.89. The predicted octanol–water partition coefficient (Wildman–Crippen LogP) is 3.54. The molecule has 0 saturated carbocycles. The first kappa shape index (κ1) is 21.1. The molecule has 2 aromatic carbocycles. The summed E-state index contributed by atoms with van der Waals surface area (Å²) in [5, 5.41) is 2.23. The second-order valence-corrected chi connectivity index (χ2v) is 8.44. The first-order valence-corrected chi connectivity index (χ1v) is 10.3. The minimum Gasteiger partial charge on any atom is -0.495 e. The Labute approximate surface area is 166 Å². The number of hydrogen-bond acceptors (Lipinski definition) is 4. The van der Waals surface area contributed by atoms with Crippen LogP contribution in [0.3, 0.4) is 0 Å². The molecule has 1 amide bonds. The van der Waals surface area contributed by atoms with E-state index in [2.05, 4.69) is 5.32 Å². The third-order valence-electron chi connectivity index (χ3n) is 4.60. The van der Waals surface area contributed by atoms with Crippen LogP contribution in [0.2, 0.25) is 0 Å². The Kier molecular flexibility index (Phi) is 6.13. The zero-order chi connectivity index (χ0) is 21.2. The van der Waals surface area contributed by atoms with Gasteiger partial charge < -0.3 is 10.1 Å². The van der Waals surface area contributed by atoms with Crippen molar-refractivity contribution >= 4 is 21.6 Å². The minimum absolute atomic E-state index is 0.0634. The first-order valence-electron chi connectivity index (χ1n) is 8.88. The Morgan fingerprint density at radius 2 is 1.66 bits per heavy atom. The molecule has 10 heteroatoms. The SMILES string of the molecule is COc1ccc(C(=O)Nc2cc(F)c(F)c(F)c2)cc1S(=O)(=O)N1CCCCC1. The maximum atomic E-state index is 13.4. The monoisotopic (exact) mass is 428 g/mol. The van der Waals surface area contributed by atoms with E-state index in [9.17, 15) is 26.4 Å². The van der Waals surface area contributed by atoms with E-state index in [1.54, 1.807) is 0 Å². The number of carbonyl (C=O) groups excluding carboxylic acids is 1. The highest BCUT2D eigenvalue weighted by atomic mass is 32.2. The van der Waals surface area contributed by atoms with E-state index in [1.165, 1.54) is 23.5 Å². The summed E-state index contributed by atoms with van der Waals surface area (Å²) in [4.78, 5) is 12.3. The van der Waals surface area contributed by atoms with E-state index in [-0.39, 0.29) is 21.9 Å². The summed E-state index contributed by atoms with van der Waals surface area (Å²) in [7, 11) is -2.58. The fraction of sp³-hybridized carbons (Fsp3) is 0.316. The number of halogens is 3. The average molecular weight is 428 g/mol. The Morgan fingerprint density at radius 3 is 2.24 bits per heavy atom. The smallest absolute Gasteiger partial charge is 0.255 e. The van der Waals surface area contributed by atoms with Gasteiger partial charge >= 0.3 is 0 Å². The number of piperidine rings is 1. The van der Waals surface area contributed by atoms with Crippen LogP contribution in [-0.2, 0) is 10.0 Å². The van der Waals surface area contributed by atoms with Crippen LogP contribution in [0.4, 0.5) is 18.9 Å². The van der Waals surface area contributed by atoms with Crippen LogP contribution in [0.15, 0.2) is 35.2 Å². The maximum absolute atomic E-state index is 13.4. The van der Waals surface area contributed by atoms with E-state index in [4.69, 9.17) is 4.74 Å². The normalized spacial score (nSPS) is 15.2. The predicted molar refractivity (Wildman–Crippen MR) is 99.9 cm³/mol. The van der Waals surface area contributed by atoms with E-state index in [1.807, 2.05) is 0 Å². The largest absolute Gasteiger partial charge is 0.495 e. The van der Waals surface area contributed by atoms with Gasteiger partial charge in [-0.1, -0.05) is 6.42 Å². The fourth-order valence-electron chi connectivity index (χ4n) is 3.09. The number of anilines is 1. The van der Waals surface area contributed by atoms with Crippen molar-refractivity contribution in [2.75, 3.05) is 25.5 Å². The van der Waals surface area contributed by atoms with Gasteiger partial charge in [0, 0.05) is 36.5 Å². The summed E-state index contributed by atoms with van der Waals surface area (Å²) >= 11 is 0. The molecule has 0 aliphatic carbocycles. The number of nitrogens with zero attached hydrogens (tertiary/aromatic N) is 1. The second-order valence-electron chi connectivity index (χ2n) is 6.54. The zero-order valence-corrected chi connectivity index (χ0v) is 16.4. The zero-order valence-electron chi connectivity index (χ0n) is 15.5. The Hall–Kier alpha value is -2.59. The first-order chi connectivity index (χ1) is 13.7. The van der Waals surface area contributed by atoms with Crippen LogP contribution < -0.4 is 10.1 Å². The van der Waals surface area contributed by atoms with Gasteiger partial charge in [0.1, 0.15) is 10.6 Å². The highest BCUT2D eigenvalue weighted by Crippen LogP contribution is 2.30. The van der Waals surface area contributed by atoms with Gasteiger partial charge in [-0.2, -0.15) is 4.31 Å². The molecule has 29 heavy (non-hydrogen) atoms. The van der Waals surface area contributed by atoms with Crippen LogP contribution in [0.5, 0.6) is 5.75 Å². The van der Waals surface area contributed by atoms with Crippen molar-refractivity contribution in [3.63, 3.8) is 0 Å². The van der Waals surface area contributed by atoms with E-state index in [0.717, 1.165) is 25.3 Å². The topological polar surface area (TPSA) is 75.7 Å². The van der Waals surface area contributed by atoms with Crippen molar-refractivity contribution in [2.45, 2.75) is 24.2 Å². The Morgan fingerprint density at radius 1 is 1.03 bits per heavy atom. The van der Waals surface area contributed by atoms with Crippen molar-refractivity contribution in [3.05, 3.63) is 53.3 Å². The molecule has 0 spiro atoms. The lowest BCUT2D eigenvalue weighted by Gasteiger charge is -2.26. The molecule has 2 aromatic rings. The molecule has 3 rings (SSSR count). The van der Waals surface area contributed by atoms with Gasteiger partial charge in [0.15, 0.2) is 17.5 Å². The number of benzene rings is 2. The molecular formula is C19H19F3N2O4S. The molecule has 1 aliphatic rings. The van der Waals surface area contributed by atoms with Crippen LogP contribution >= 0.6 is 0 Å². The van der Waals surface area contributed by atoms with Crippen molar-refractivity contribution in [1.82, 2.24) is 4.31 Å². The lowest BCUT2D eigenvalue weighted by Crippen LogP contribution is -2.35. The summed E-state index contributed by atoms with van der Waals surface area (Å²) in [6, 6.07) is 5.06. The summed E-state index contributed by atoms with van der Waals surface area (Å²) < 4.78 is 72.2. The van der Waals surface area contributed by atoms with Gasteiger partial charge in [-0.25, -0.2) is 21.6 Å². The number of methoxy groups -OCH3 is 1. The third kappa shape index (κ3) is 4.38. The quantitative estimate of drug-likeness (QED) is 0.740. The molecule has 1 aliphatic heterocycles. The lowest BCUT2D eigenvalue weighted by atomic mass is 10.2. The minimum atomic E-state index is -3.89. The van der Waals surface area contributed by atoms with Crippen molar-refractivity contribution in [1.29, 1.82) is 0 Å². The van der Waals surface area contributed by atoms with Crippen LogP contribution in [0.25, 0.3) is 0 Å². The number of nitrogens with one attached hydrogen (secondary N) is 1. The van der Waals surface area contributed by atoms with Crippen LogP contribution in [0, 0.1) is 17.5 Å². The standard InChI is InChI=1S/C19H19F3N2O4S/c1-28-16-6-5-12(9-17(16)29(26,27)24-7-3-2-4-8-24)19(25)23-13-10-14(20)18(22)15(21)11-13/h5-6,9-11H,2-4,7-8H2,1H3,(H,23,25). The van der Waals surface area contributed by atoms with Crippen LogP contribution in [-0.4, -0.2) is 38.8 Å². The second kappa shape index (κ2) is 8.42. The molecule has 1 fully saturated rings. The molecule has 0 radical (unpaired) electrons. The van der Waals surface area contributed by atoms with E-state index < -0.39 is 33.4 Å². The molecule has 1 N–H and O–H groups in total. The molecule has 0 aromatic heterocycles. The number of amides is 1. The lowest BCUT2D eigenvalue weighted by molar-refractivity contribution is 0.102. The van der Waals surface area contributed by atoms with Gasteiger partial charge in [-0.3, -0.25) is 4.79 Å². The Balaban J connectivity index is 1.93. The molecular weight excluding hydrogens is 409 g/mol. The summed E-state index contributed by atoms with van der Waals surface area (Å²) in [6.07, 6.45) is 2.42. The molecule has 1 saturated heterocycles. The van der Waals surface area contributed by atoms with Gasteiger partial charge in [0.25, 0.3) is 5.91 Å². The fourth-order valence-corrected chi connectivity index (χ4v) is 4.79. The molecule has 6 nitrogen and oxygen atoms in total. The summed E-state index contributed by atoms with van der Waals surface area (Å²) in [5.74, 6) is -5.30. The van der Waals surface area contributed by atoms with Crippen molar-refractivity contribution < 1.29 is 31.1 Å². The molecule has 0 unspecified atom stereocenters. The van der Waals surface area contributed by atoms with Gasteiger partial charge in [0.2, 0.25) is 10.0 Å². The molecule has 0 atom stereocenters. The van der Waals surface area contributed by atoms with Gasteiger partial charge in [-0.05, 0) is 31.0 Å².